The van der Waals surface area contributed by atoms with Gasteiger partial charge in [0.05, 0.1) is 0 Å². The summed E-state index contributed by atoms with van der Waals surface area (Å²) in [5.74, 6) is 1.69. The van der Waals surface area contributed by atoms with Crippen LogP contribution in [0.1, 0.15) is 23.1 Å². The van der Waals surface area contributed by atoms with Gasteiger partial charge in [-0.1, -0.05) is 64.0 Å². The number of ether oxygens (including phenoxy) is 1. The van der Waals surface area contributed by atoms with Crippen LogP contribution < -0.4 is 4.74 Å². The Morgan fingerprint density at radius 3 is 2.62 bits per heavy atom. The molecule has 1 aliphatic rings. The number of rotatable bonds is 5. The van der Waals surface area contributed by atoms with E-state index in [4.69, 9.17) is 4.74 Å². The lowest BCUT2D eigenvalue weighted by Crippen LogP contribution is -2.20. The SMILES string of the molecule is Cc1ccc(CC(CBr)CC2Cc3ccccc3O2)cc1. The molecule has 2 aromatic rings. The smallest absolute Gasteiger partial charge is 0.123 e. The molecule has 0 spiro atoms. The van der Waals surface area contributed by atoms with Crippen LogP contribution in [0, 0.1) is 12.8 Å². The highest BCUT2D eigenvalue weighted by molar-refractivity contribution is 9.09. The van der Waals surface area contributed by atoms with Crippen LogP contribution in [0.3, 0.4) is 0 Å². The van der Waals surface area contributed by atoms with Crippen molar-refractivity contribution in [3.05, 3.63) is 65.2 Å². The highest BCUT2D eigenvalue weighted by Crippen LogP contribution is 2.31. The first-order valence-electron chi connectivity index (χ1n) is 7.60. The van der Waals surface area contributed by atoms with Gasteiger partial charge in [0, 0.05) is 11.8 Å². The van der Waals surface area contributed by atoms with E-state index in [2.05, 4.69) is 71.4 Å². The maximum atomic E-state index is 6.08. The van der Waals surface area contributed by atoms with Crippen LogP contribution in [0.2, 0.25) is 0 Å². The van der Waals surface area contributed by atoms with Gasteiger partial charge in [-0.05, 0) is 42.9 Å². The number of hydrogen-bond acceptors (Lipinski definition) is 1. The van der Waals surface area contributed by atoms with Gasteiger partial charge in [0.15, 0.2) is 0 Å². The first kappa shape index (κ1) is 14.6. The number of halogens is 1. The van der Waals surface area contributed by atoms with E-state index in [9.17, 15) is 0 Å². The first-order valence-corrected chi connectivity index (χ1v) is 8.73. The molecule has 0 saturated heterocycles. The summed E-state index contributed by atoms with van der Waals surface area (Å²) in [6, 6.07) is 17.3. The first-order chi connectivity index (χ1) is 10.2. The zero-order chi connectivity index (χ0) is 14.7. The largest absolute Gasteiger partial charge is 0.490 e. The maximum Gasteiger partial charge on any atom is 0.123 e. The standard InChI is InChI=1S/C19H21BrO/c1-14-6-8-15(9-7-14)10-16(13-20)11-18-12-17-4-2-3-5-19(17)21-18/h2-9,16,18H,10-13H2,1H3. The Bertz CT molecular complexity index is 566. The molecule has 1 nitrogen and oxygen atoms in total. The van der Waals surface area contributed by atoms with E-state index in [1.165, 1.54) is 16.7 Å². The number of hydrogen-bond donors (Lipinski definition) is 0. The van der Waals surface area contributed by atoms with Crippen LogP contribution in [-0.2, 0) is 12.8 Å². The third kappa shape index (κ3) is 3.68. The summed E-state index contributed by atoms with van der Waals surface area (Å²) in [6.07, 6.45) is 3.60. The van der Waals surface area contributed by atoms with Crippen LogP contribution in [0.4, 0.5) is 0 Å². The van der Waals surface area contributed by atoms with Gasteiger partial charge >= 0.3 is 0 Å². The molecule has 2 unspecified atom stereocenters. The van der Waals surface area contributed by atoms with Crippen molar-refractivity contribution in [1.82, 2.24) is 0 Å². The lowest BCUT2D eigenvalue weighted by Gasteiger charge is -2.19. The predicted molar refractivity (Wildman–Crippen MR) is 91.3 cm³/mol. The van der Waals surface area contributed by atoms with Crippen LogP contribution in [-0.4, -0.2) is 11.4 Å². The van der Waals surface area contributed by atoms with Gasteiger partial charge in [0.1, 0.15) is 11.9 Å². The molecule has 3 rings (SSSR count). The van der Waals surface area contributed by atoms with Crippen LogP contribution >= 0.6 is 15.9 Å². The van der Waals surface area contributed by atoms with Crippen molar-refractivity contribution in [2.45, 2.75) is 32.3 Å². The fourth-order valence-electron chi connectivity index (χ4n) is 3.02. The van der Waals surface area contributed by atoms with Crippen LogP contribution in [0.15, 0.2) is 48.5 Å². The number of benzene rings is 2. The molecule has 2 heteroatoms. The Morgan fingerprint density at radius 2 is 1.90 bits per heavy atom. The number of aryl methyl sites for hydroxylation is 1. The molecular formula is C19H21BrO. The predicted octanol–water partition coefficient (Wildman–Crippen LogP) is 4.94. The van der Waals surface area contributed by atoms with E-state index in [0.717, 1.165) is 30.3 Å². The van der Waals surface area contributed by atoms with Crippen molar-refractivity contribution in [3.8, 4) is 5.75 Å². The van der Waals surface area contributed by atoms with Crippen molar-refractivity contribution in [2.75, 3.05) is 5.33 Å². The average Bonchev–Trinajstić information content (AvgIpc) is 2.91. The van der Waals surface area contributed by atoms with E-state index in [-0.39, 0.29) is 0 Å². The maximum absolute atomic E-state index is 6.08. The molecule has 2 aromatic carbocycles. The topological polar surface area (TPSA) is 9.23 Å². The minimum absolute atomic E-state index is 0.329. The third-order valence-electron chi connectivity index (χ3n) is 4.17. The molecule has 21 heavy (non-hydrogen) atoms. The molecule has 110 valence electrons. The lowest BCUT2D eigenvalue weighted by atomic mass is 9.93. The summed E-state index contributed by atoms with van der Waals surface area (Å²) in [4.78, 5) is 0. The zero-order valence-electron chi connectivity index (χ0n) is 12.4. The molecule has 1 heterocycles. The lowest BCUT2D eigenvalue weighted by molar-refractivity contribution is 0.199. The number of alkyl halides is 1. The third-order valence-corrected chi connectivity index (χ3v) is 5.09. The van der Waals surface area contributed by atoms with E-state index in [0.29, 0.717) is 12.0 Å². The van der Waals surface area contributed by atoms with Gasteiger partial charge < -0.3 is 4.74 Å². The molecule has 0 bridgehead atoms. The summed E-state index contributed by atoms with van der Waals surface area (Å²) in [7, 11) is 0. The van der Waals surface area contributed by atoms with Crippen LogP contribution in [0.5, 0.6) is 5.75 Å². The second kappa shape index (κ2) is 6.65. The van der Waals surface area contributed by atoms with E-state index < -0.39 is 0 Å². The van der Waals surface area contributed by atoms with Gasteiger partial charge in [-0.15, -0.1) is 0 Å². The van der Waals surface area contributed by atoms with Crippen molar-refractivity contribution in [1.29, 1.82) is 0 Å². The van der Waals surface area contributed by atoms with E-state index >= 15 is 0 Å². The summed E-state index contributed by atoms with van der Waals surface area (Å²) in [5.41, 5.74) is 4.09. The molecule has 0 saturated carbocycles. The second-order valence-electron chi connectivity index (χ2n) is 6.00. The summed E-state index contributed by atoms with van der Waals surface area (Å²) in [6.45, 7) is 2.13. The minimum Gasteiger partial charge on any atom is -0.490 e. The summed E-state index contributed by atoms with van der Waals surface area (Å²) < 4.78 is 6.08. The molecule has 0 N–H and O–H groups in total. The van der Waals surface area contributed by atoms with Gasteiger partial charge in [0.25, 0.3) is 0 Å². The quantitative estimate of drug-likeness (QED) is 0.698. The molecule has 0 aromatic heterocycles. The van der Waals surface area contributed by atoms with Crippen molar-refractivity contribution < 1.29 is 4.74 Å². The highest BCUT2D eigenvalue weighted by atomic mass is 79.9. The van der Waals surface area contributed by atoms with E-state index in [1.54, 1.807) is 0 Å². The molecule has 0 amide bonds. The molecule has 1 aliphatic heterocycles. The molecule has 2 atom stereocenters. The highest BCUT2D eigenvalue weighted by Gasteiger charge is 2.25. The van der Waals surface area contributed by atoms with Gasteiger partial charge in [-0.25, -0.2) is 0 Å². The average molecular weight is 345 g/mol. The molecule has 0 fully saturated rings. The Balaban J connectivity index is 1.60. The van der Waals surface area contributed by atoms with Gasteiger partial charge in [-0.3, -0.25) is 0 Å². The van der Waals surface area contributed by atoms with Crippen molar-refractivity contribution in [3.63, 3.8) is 0 Å². The minimum atomic E-state index is 0.329. The van der Waals surface area contributed by atoms with Crippen LogP contribution in [0.25, 0.3) is 0 Å². The Hall–Kier alpha value is -1.28. The second-order valence-corrected chi connectivity index (χ2v) is 6.64. The number of para-hydroxylation sites is 1. The molecule has 0 aliphatic carbocycles. The van der Waals surface area contributed by atoms with Crippen molar-refractivity contribution in [2.24, 2.45) is 5.92 Å². The Morgan fingerprint density at radius 1 is 1.14 bits per heavy atom. The normalized spacial score (nSPS) is 18.1. The zero-order valence-corrected chi connectivity index (χ0v) is 14.0. The fourth-order valence-corrected chi connectivity index (χ4v) is 3.51. The Kier molecular flexibility index (Phi) is 4.64. The number of fused-ring (bicyclic) bond motifs is 1. The van der Waals surface area contributed by atoms with Gasteiger partial charge in [-0.2, -0.15) is 0 Å². The molecule has 0 radical (unpaired) electrons. The van der Waals surface area contributed by atoms with Gasteiger partial charge in [0.2, 0.25) is 0 Å². The van der Waals surface area contributed by atoms with E-state index in [1.807, 2.05) is 0 Å². The molecular weight excluding hydrogens is 324 g/mol. The summed E-state index contributed by atoms with van der Waals surface area (Å²) in [5, 5.41) is 1.02. The Labute approximate surface area is 135 Å². The fraction of sp³-hybridized carbons (Fsp3) is 0.368. The monoisotopic (exact) mass is 344 g/mol. The van der Waals surface area contributed by atoms with Crippen molar-refractivity contribution >= 4 is 15.9 Å². The summed E-state index contributed by atoms with van der Waals surface area (Å²) >= 11 is 3.67.